The summed E-state index contributed by atoms with van der Waals surface area (Å²) in [7, 11) is 3.28. The summed E-state index contributed by atoms with van der Waals surface area (Å²) in [5.41, 5.74) is 1.79. The molecule has 0 saturated carbocycles. The van der Waals surface area contributed by atoms with E-state index in [0.717, 1.165) is 48.7 Å². The zero-order chi connectivity index (χ0) is 21.6. The first-order valence-electron chi connectivity index (χ1n) is 10.3. The van der Waals surface area contributed by atoms with E-state index in [0.29, 0.717) is 16.7 Å². The highest BCUT2D eigenvalue weighted by Crippen LogP contribution is 2.30. The fraction of sp³-hybridized carbons (Fsp3) is 0.348. The van der Waals surface area contributed by atoms with Gasteiger partial charge in [0.05, 0.1) is 20.0 Å². The number of thioether (sulfide) groups is 1. The minimum absolute atomic E-state index is 0.150. The number of piperidine rings is 1. The summed E-state index contributed by atoms with van der Waals surface area (Å²) in [5.74, 6) is 2.70. The summed E-state index contributed by atoms with van der Waals surface area (Å²) in [6.45, 7) is 1.69. The topological polar surface area (TPSA) is 69.5 Å². The number of methoxy groups -OCH3 is 2. The molecule has 0 unspecified atom stereocenters. The van der Waals surface area contributed by atoms with E-state index in [1.807, 2.05) is 58.0 Å². The fourth-order valence-corrected chi connectivity index (χ4v) is 4.49. The lowest BCUT2D eigenvalue weighted by Gasteiger charge is -2.26. The van der Waals surface area contributed by atoms with E-state index >= 15 is 0 Å². The Hall–Kier alpha value is -3.00. The number of nitrogens with zero attached hydrogens (tertiary/aromatic N) is 4. The number of carbonyl (C=O) groups excluding carboxylic acids is 1. The van der Waals surface area contributed by atoms with Crippen LogP contribution in [0.1, 0.15) is 19.3 Å². The molecule has 1 aliphatic rings. The molecular formula is C23H26N4O3S. The van der Waals surface area contributed by atoms with Crippen LogP contribution in [0.4, 0.5) is 0 Å². The van der Waals surface area contributed by atoms with E-state index in [-0.39, 0.29) is 5.91 Å². The summed E-state index contributed by atoms with van der Waals surface area (Å²) >= 11 is 1.41. The van der Waals surface area contributed by atoms with Crippen LogP contribution in [0.5, 0.6) is 11.5 Å². The van der Waals surface area contributed by atoms with Crippen LogP contribution in [0.3, 0.4) is 0 Å². The van der Waals surface area contributed by atoms with Crippen molar-refractivity contribution in [3.63, 3.8) is 0 Å². The predicted molar refractivity (Wildman–Crippen MR) is 121 cm³/mol. The molecule has 31 heavy (non-hydrogen) atoms. The van der Waals surface area contributed by atoms with Crippen LogP contribution in [0.2, 0.25) is 0 Å². The Bertz CT molecular complexity index is 1030. The number of ether oxygens (including phenoxy) is 2. The lowest BCUT2D eigenvalue weighted by Crippen LogP contribution is -2.36. The highest BCUT2D eigenvalue weighted by molar-refractivity contribution is 7.99. The molecule has 1 aliphatic heterocycles. The van der Waals surface area contributed by atoms with Crippen LogP contribution in [-0.4, -0.2) is 58.6 Å². The molecule has 4 rings (SSSR count). The summed E-state index contributed by atoms with van der Waals surface area (Å²) < 4.78 is 12.6. The summed E-state index contributed by atoms with van der Waals surface area (Å²) in [6, 6.07) is 15.4. The SMILES string of the molecule is COc1ccc(-n2c(SCC(=O)N3CCCCC3)nnc2-c2cccc(OC)c2)cc1. The van der Waals surface area contributed by atoms with E-state index in [9.17, 15) is 4.79 Å². The molecule has 0 bridgehead atoms. The van der Waals surface area contributed by atoms with Crippen molar-refractivity contribution in [2.24, 2.45) is 0 Å². The molecule has 0 atom stereocenters. The van der Waals surface area contributed by atoms with Crippen LogP contribution >= 0.6 is 11.8 Å². The molecule has 162 valence electrons. The third-order valence-electron chi connectivity index (χ3n) is 5.33. The second-order valence-electron chi connectivity index (χ2n) is 7.30. The Kier molecular flexibility index (Phi) is 6.76. The van der Waals surface area contributed by atoms with Crippen molar-refractivity contribution in [2.45, 2.75) is 24.4 Å². The highest BCUT2D eigenvalue weighted by atomic mass is 32.2. The molecule has 0 aliphatic carbocycles. The summed E-state index contributed by atoms with van der Waals surface area (Å²) in [4.78, 5) is 14.6. The van der Waals surface area contributed by atoms with Gasteiger partial charge in [-0.05, 0) is 55.7 Å². The Morgan fingerprint density at radius 3 is 2.42 bits per heavy atom. The van der Waals surface area contributed by atoms with Crippen molar-refractivity contribution in [3.8, 4) is 28.6 Å². The Labute approximate surface area is 186 Å². The van der Waals surface area contributed by atoms with Crippen molar-refractivity contribution >= 4 is 17.7 Å². The smallest absolute Gasteiger partial charge is 0.233 e. The number of carbonyl (C=O) groups is 1. The average Bonchev–Trinajstić information content (AvgIpc) is 3.27. The van der Waals surface area contributed by atoms with Crippen LogP contribution in [-0.2, 0) is 4.79 Å². The second-order valence-corrected chi connectivity index (χ2v) is 8.24. The first-order valence-corrected chi connectivity index (χ1v) is 11.3. The van der Waals surface area contributed by atoms with Crippen molar-refractivity contribution in [1.29, 1.82) is 0 Å². The monoisotopic (exact) mass is 438 g/mol. The molecule has 8 heteroatoms. The highest BCUT2D eigenvalue weighted by Gasteiger charge is 2.21. The summed E-state index contributed by atoms with van der Waals surface area (Å²) in [6.07, 6.45) is 3.36. The van der Waals surface area contributed by atoms with Gasteiger partial charge in [0, 0.05) is 24.3 Å². The van der Waals surface area contributed by atoms with Gasteiger partial charge < -0.3 is 14.4 Å². The van der Waals surface area contributed by atoms with Crippen LogP contribution in [0, 0.1) is 0 Å². The quantitative estimate of drug-likeness (QED) is 0.518. The average molecular weight is 439 g/mol. The maximum absolute atomic E-state index is 12.7. The van der Waals surface area contributed by atoms with E-state index in [4.69, 9.17) is 9.47 Å². The normalized spacial score (nSPS) is 13.8. The molecular weight excluding hydrogens is 412 g/mol. The number of aromatic nitrogens is 3. The van der Waals surface area contributed by atoms with E-state index in [1.54, 1.807) is 14.2 Å². The molecule has 1 amide bonds. The first kappa shape index (κ1) is 21.2. The van der Waals surface area contributed by atoms with Crippen molar-refractivity contribution in [2.75, 3.05) is 33.1 Å². The number of hydrogen-bond acceptors (Lipinski definition) is 6. The first-order chi connectivity index (χ1) is 15.2. The number of rotatable bonds is 7. The third-order valence-corrected chi connectivity index (χ3v) is 6.24. The van der Waals surface area contributed by atoms with Gasteiger partial charge in [0.15, 0.2) is 11.0 Å². The molecule has 1 aromatic heterocycles. The van der Waals surface area contributed by atoms with Gasteiger partial charge in [0.2, 0.25) is 5.91 Å². The van der Waals surface area contributed by atoms with Crippen molar-refractivity contribution in [1.82, 2.24) is 19.7 Å². The number of hydrogen-bond donors (Lipinski definition) is 0. The number of amides is 1. The van der Waals surface area contributed by atoms with Crippen LogP contribution in [0.15, 0.2) is 53.7 Å². The van der Waals surface area contributed by atoms with Gasteiger partial charge in [0.1, 0.15) is 11.5 Å². The van der Waals surface area contributed by atoms with E-state index in [1.165, 1.54) is 18.2 Å². The Morgan fingerprint density at radius 2 is 1.71 bits per heavy atom. The van der Waals surface area contributed by atoms with E-state index < -0.39 is 0 Å². The molecule has 0 N–H and O–H groups in total. The maximum Gasteiger partial charge on any atom is 0.233 e. The van der Waals surface area contributed by atoms with Gasteiger partial charge in [-0.25, -0.2) is 0 Å². The maximum atomic E-state index is 12.7. The summed E-state index contributed by atoms with van der Waals surface area (Å²) in [5, 5.41) is 9.54. The molecule has 2 aromatic carbocycles. The molecule has 0 radical (unpaired) electrons. The van der Waals surface area contributed by atoms with Gasteiger partial charge in [-0.15, -0.1) is 10.2 Å². The molecule has 2 heterocycles. The Balaban J connectivity index is 1.65. The van der Waals surface area contributed by atoms with Crippen LogP contribution in [0.25, 0.3) is 17.1 Å². The lowest BCUT2D eigenvalue weighted by atomic mass is 10.1. The predicted octanol–water partition coefficient (Wildman–Crippen LogP) is 4.06. The van der Waals surface area contributed by atoms with Gasteiger partial charge >= 0.3 is 0 Å². The Morgan fingerprint density at radius 1 is 0.968 bits per heavy atom. The number of benzene rings is 2. The lowest BCUT2D eigenvalue weighted by molar-refractivity contribution is -0.129. The third kappa shape index (κ3) is 4.85. The van der Waals surface area contributed by atoms with Gasteiger partial charge in [-0.3, -0.25) is 9.36 Å². The van der Waals surface area contributed by atoms with Crippen molar-refractivity contribution in [3.05, 3.63) is 48.5 Å². The standard InChI is InChI=1S/C23H26N4O3S/c1-29-19-11-9-18(10-12-19)27-22(17-7-6-8-20(15-17)30-2)24-25-23(27)31-16-21(28)26-13-4-3-5-14-26/h6-12,15H,3-5,13-14,16H2,1-2H3. The largest absolute Gasteiger partial charge is 0.497 e. The molecule has 1 fully saturated rings. The number of likely N-dealkylation sites (tertiary alicyclic amines) is 1. The van der Waals surface area contributed by atoms with E-state index in [2.05, 4.69) is 10.2 Å². The van der Waals surface area contributed by atoms with Crippen LogP contribution < -0.4 is 9.47 Å². The molecule has 7 nitrogen and oxygen atoms in total. The minimum Gasteiger partial charge on any atom is -0.497 e. The second kappa shape index (κ2) is 9.87. The molecule has 0 spiro atoms. The zero-order valence-corrected chi connectivity index (χ0v) is 18.6. The van der Waals surface area contributed by atoms with Gasteiger partial charge in [0.25, 0.3) is 0 Å². The fourth-order valence-electron chi connectivity index (χ4n) is 3.64. The zero-order valence-electron chi connectivity index (χ0n) is 17.8. The minimum atomic E-state index is 0.150. The van der Waals surface area contributed by atoms with Crippen molar-refractivity contribution < 1.29 is 14.3 Å². The van der Waals surface area contributed by atoms with Gasteiger partial charge in [-0.2, -0.15) is 0 Å². The van der Waals surface area contributed by atoms with Gasteiger partial charge in [-0.1, -0.05) is 23.9 Å². The molecule has 3 aromatic rings. The molecule has 1 saturated heterocycles.